The summed E-state index contributed by atoms with van der Waals surface area (Å²) in [5.41, 5.74) is 0.184. The fourth-order valence-corrected chi connectivity index (χ4v) is 5.50. The first kappa shape index (κ1) is 21.3. The lowest BCUT2D eigenvalue weighted by atomic mass is 9.83. The van der Waals surface area contributed by atoms with Gasteiger partial charge in [0, 0.05) is 18.5 Å². The van der Waals surface area contributed by atoms with Gasteiger partial charge in [-0.15, -0.1) is 23.2 Å². The van der Waals surface area contributed by atoms with Crippen LogP contribution in [0.25, 0.3) is 0 Å². The average Bonchev–Trinajstić information content (AvgIpc) is 3.34. The van der Waals surface area contributed by atoms with Crippen LogP contribution in [0.3, 0.4) is 0 Å². The molecule has 0 aromatic heterocycles. The van der Waals surface area contributed by atoms with Gasteiger partial charge in [0.25, 0.3) is 5.91 Å². The van der Waals surface area contributed by atoms with Gasteiger partial charge in [-0.3, -0.25) is 4.79 Å². The molecular weight excluding hydrogens is 407 g/mol. The smallest absolute Gasteiger partial charge is 0.263 e. The standard InChI is InChI=1S/C23H32Cl2N2O2/c1-22(2,29-18-10-8-16(9-11-18)19-14-23(19,24)25)21(28)26-15-17-6-5-13-27-12-4-3-7-20(17)27/h8-11,17,19-20H,3-7,12-15H2,1-2H3,(H,26,28)/t17-,19-,20-/m1/s1. The highest BCUT2D eigenvalue weighted by atomic mass is 35.5. The maximum absolute atomic E-state index is 12.9. The molecule has 6 heteroatoms. The highest BCUT2D eigenvalue weighted by Crippen LogP contribution is 2.59. The van der Waals surface area contributed by atoms with Crippen molar-refractivity contribution in [3.8, 4) is 5.75 Å². The molecule has 2 heterocycles. The fourth-order valence-electron chi connectivity index (χ4n) is 4.94. The first-order valence-corrected chi connectivity index (χ1v) is 11.7. The number of carbonyl (C=O) groups excluding carboxylic acids is 1. The number of halogens is 2. The van der Waals surface area contributed by atoms with Crippen molar-refractivity contribution in [2.45, 2.75) is 74.3 Å². The van der Waals surface area contributed by atoms with E-state index in [1.165, 1.54) is 45.2 Å². The Morgan fingerprint density at radius 2 is 1.86 bits per heavy atom. The number of amides is 1. The van der Waals surface area contributed by atoms with Crippen LogP contribution in [-0.4, -0.2) is 46.4 Å². The summed E-state index contributed by atoms with van der Waals surface area (Å²) in [4.78, 5) is 15.5. The molecule has 1 aliphatic carbocycles. The second-order valence-corrected chi connectivity index (χ2v) is 11.0. The Kier molecular flexibility index (Phi) is 6.07. The minimum atomic E-state index is -0.926. The van der Waals surface area contributed by atoms with Crippen molar-refractivity contribution < 1.29 is 9.53 Å². The quantitative estimate of drug-likeness (QED) is 0.642. The largest absolute Gasteiger partial charge is 0.478 e. The van der Waals surface area contributed by atoms with Crippen molar-refractivity contribution in [2.24, 2.45) is 5.92 Å². The molecular formula is C23H32Cl2N2O2. The van der Waals surface area contributed by atoms with E-state index in [4.69, 9.17) is 27.9 Å². The number of hydrogen-bond donors (Lipinski definition) is 1. The summed E-state index contributed by atoms with van der Waals surface area (Å²) in [7, 11) is 0. The van der Waals surface area contributed by atoms with Crippen LogP contribution in [-0.2, 0) is 4.79 Å². The van der Waals surface area contributed by atoms with E-state index in [9.17, 15) is 4.79 Å². The normalized spacial score (nSPS) is 29.0. The number of hydrogen-bond acceptors (Lipinski definition) is 3. The molecule has 0 bridgehead atoms. The van der Waals surface area contributed by atoms with Crippen molar-refractivity contribution >= 4 is 29.1 Å². The molecule has 1 N–H and O–H groups in total. The molecule has 1 amide bonds. The molecule has 0 spiro atoms. The second kappa shape index (κ2) is 8.28. The van der Waals surface area contributed by atoms with Gasteiger partial charge >= 0.3 is 0 Å². The zero-order valence-electron chi connectivity index (χ0n) is 17.4. The number of nitrogens with one attached hydrogen (secondary N) is 1. The summed E-state index contributed by atoms with van der Waals surface area (Å²) in [5, 5.41) is 3.17. The van der Waals surface area contributed by atoms with Crippen LogP contribution in [0.1, 0.15) is 63.9 Å². The number of fused-ring (bicyclic) bond motifs is 1. The van der Waals surface area contributed by atoms with E-state index in [0.29, 0.717) is 17.7 Å². The van der Waals surface area contributed by atoms with Crippen LogP contribution >= 0.6 is 23.2 Å². The highest BCUT2D eigenvalue weighted by Gasteiger charge is 2.52. The SMILES string of the molecule is CC(C)(Oc1ccc([C@H]2CC2(Cl)Cl)cc1)C(=O)NC[C@H]1CCCN2CCCC[C@H]12. The zero-order chi connectivity index (χ0) is 20.6. The predicted octanol–water partition coefficient (Wildman–Crippen LogP) is 4.89. The lowest BCUT2D eigenvalue weighted by Crippen LogP contribution is -2.53. The minimum absolute atomic E-state index is 0.0581. The highest BCUT2D eigenvalue weighted by molar-refractivity contribution is 6.51. The molecule has 160 valence electrons. The molecule has 29 heavy (non-hydrogen) atoms. The summed E-state index contributed by atoms with van der Waals surface area (Å²) in [6.45, 7) is 6.83. The van der Waals surface area contributed by atoms with Crippen LogP contribution in [0.5, 0.6) is 5.75 Å². The molecule has 0 unspecified atom stereocenters. The molecule has 4 rings (SSSR count). The summed E-state index contributed by atoms with van der Waals surface area (Å²) in [6, 6.07) is 8.40. The number of benzene rings is 1. The number of ether oxygens (including phenoxy) is 1. The van der Waals surface area contributed by atoms with Crippen LogP contribution in [0.2, 0.25) is 0 Å². The van der Waals surface area contributed by atoms with Gasteiger partial charge in [0.05, 0.1) is 0 Å². The summed E-state index contributed by atoms with van der Waals surface area (Å²) >= 11 is 12.3. The van der Waals surface area contributed by atoms with Gasteiger partial charge in [-0.05, 0) is 82.7 Å². The van der Waals surface area contributed by atoms with E-state index in [-0.39, 0.29) is 11.8 Å². The Morgan fingerprint density at radius 1 is 1.17 bits per heavy atom. The third-order valence-electron chi connectivity index (χ3n) is 6.78. The molecule has 0 radical (unpaired) electrons. The summed E-state index contributed by atoms with van der Waals surface area (Å²) in [5.74, 6) is 1.36. The van der Waals surface area contributed by atoms with Gasteiger partial charge in [0.15, 0.2) is 5.60 Å². The third-order valence-corrected chi connectivity index (χ3v) is 7.62. The summed E-state index contributed by atoms with van der Waals surface area (Å²) in [6.07, 6.45) is 7.10. The van der Waals surface area contributed by atoms with Crippen molar-refractivity contribution in [1.82, 2.24) is 10.2 Å². The van der Waals surface area contributed by atoms with E-state index in [2.05, 4.69) is 10.2 Å². The van der Waals surface area contributed by atoms with Crippen LogP contribution in [0, 0.1) is 5.92 Å². The van der Waals surface area contributed by atoms with E-state index in [1.54, 1.807) is 0 Å². The lowest BCUT2D eigenvalue weighted by Gasteiger charge is -2.44. The van der Waals surface area contributed by atoms with Gasteiger partial charge in [-0.25, -0.2) is 0 Å². The molecule has 3 atom stereocenters. The fraction of sp³-hybridized carbons (Fsp3) is 0.696. The van der Waals surface area contributed by atoms with Crippen molar-refractivity contribution in [2.75, 3.05) is 19.6 Å². The first-order chi connectivity index (χ1) is 13.8. The average molecular weight is 439 g/mol. The molecule has 1 aromatic rings. The first-order valence-electron chi connectivity index (χ1n) is 11.0. The van der Waals surface area contributed by atoms with Crippen LogP contribution in [0.4, 0.5) is 0 Å². The second-order valence-electron chi connectivity index (χ2n) is 9.41. The molecule has 2 aliphatic heterocycles. The number of nitrogens with zero attached hydrogens (tertiary/aromatic N) is 1. The van der Waals surface area contributed by atoms with E-state index in [0.717, 1.165) is 18.5 Å². The van der Waals surface area contributed by atoms with Gasteiger partial charge in [0.1, 0.15) is 10.1 Å². The van der Waals surface area contributed by atoms with E-state index >= 15 is 0 Å². The predicted molar refractivity (Wildman–Crippen MR) is 118 cm³/mol. The van der Waals surface area contributed by atoms with Gasteiger partial charge < -0.3 is 15.0 Å². The van der Waals surface area contributed by atoms with Crippen molar-refractivity contribution in [3.05, 3.63) is 29.8 Å². The van der Waals surface area contributed by atoms with Crippen molar-refractivity contribution in [1.29, 1.82) is 0 Å². The molecule has 3 fully saturated rings. The monoisotopic (exact) mass is 438 g/mol. The summed E-state index contributed by atoms with van der Waals surface area (Å²) < 4.78 is 5.40. The Labute approximate surface area is 184 Å². The minimum Gasteiger partial charge on any atom is -0.478 e. The topological polar surface area (TPSA) is 41.6 Å². The van der Waals surface area contributed by atoms with E-state index < -0.39 is 9.93 Å². The van der Waals surface area contributed by atoms with Gasteiger partial charge in [-0.2, -0.15) is 0 Å². The van der Waals surface area contributed by atoms with Crippen molar-refractivity contribution in [3.63, 3.8) is 0 Å². The molecule has 3 aliphatic rings. The molecule has 4 nitrogen and oxygen atoms in total. The van der Waals surface area contributed by atoms with Gasteiger partial charge in [0.2, 0.25) is 0 Å². The third kappa shape index (κ3) is 4.86. The number of carbonyl (C=O) groups is 1. The van der Waals surface area contributed by atoms with Crippen LogP contribution < -0.4 is 10.1 Å². The maximum Gasteiger partial charge on any atom is 0.263 e. The number of piperidine rings is 2. The Morgan fingerprint density at radius 3 is 2.55 bits per heavy atom. The Balaban J connectivity index is 1.30. The van der Waals surface area contributed by atoms with Crippen LogP contribution in [0.15, 0.2) is 24.3 Å². The number of alkyl halides is 2. The van der Waals surface area contributed by atoms with Gasteiger partial charge in [-0.1, -0.05) is 18.6 Å². The number of rotatable bonds is 6. The Hall–Kier alpha value is -0.970. The Bertz CT molecular complexity index is 733. The zero-order valence-corrected chi connectivity index (χ0v) is 18.9. The molecule has 2 saturated heterocycles. The molecule has 1 saturated carbocycles. The molecule has 1 aromatic carbocycles. The maximum atomic E-state index is 12.9. The van der Waals surface area contributed by atoms with E-state index in [1.807, 2.05) is 38.1 Å². The lowest BCUT2D eigenvalue weighted by molar-refractivity contribution is -0.134.